The van der Waals surface area contributed by atoms with Crippen molar-refractivity contribution in [2.45, 2.75) is 0 Å². The first kappa shape index (κ1) is 38.6. The summed E-state index contributed by atoms with van der Waals surface area (Å²) in [6.07, 6.45) is 0. The molecule has 6 heterocycles. The van der Waals surface area contributed by atoms with Crippen LogP contribution in [0.5, 0.6) is 0 Å². The molecule has 8 heteroatoms. The van der Waals surface area contributed by atoms with Crippen molar-refractivity contribution in [2.75, 3.05) is 0 Å². The standard InChI is InChI=1S/C63H37N7S/c1-9-26-47-38(18-1)39-19-2-10-27-48(39)67(47)54-33-17-34-55(68-49-28-11-7-24-44(49)45-36-37-57-58(60(45)68)46-25-8-16-35-56(46)71-57)59(54)61-64-62(69-50-29-12-3-20-40(50)41-21-4-13-30-51(41)69)66-63(65-61)70-52-31-14-5-22-42(52)43-23-6-15-32-53(43)70/h1-37H. The molecule has 0 radical (unpaired) electrons. The molecule has 71 heavy (non-hydrogen) atoms. The van der Waals surface area contributed by atoms with Gasteiger partial charge in [-0.3, -0.25) is 9.13 Å². The SMILES string of the molecule is c1cc(-n2c3ccccc3c3ccccc32)c(-c2nc(-n3c4ccccc4c4ccccc43)nc(-n3c4ccccc4c4ccccc43)n2)c(-n2c3ccccc3c3ccc4sc5ccccc5c4c32)c1. The van der Waals surface area contributed by atoms with Gasteiger partial charge in [-0.2, -0.15) is 15.0 Å². The van der Waals surface area contributed by atoms with E-state index in [1.54, 1.807) is 0 Å². The van der Waals surface area contributed by atoms with Gasteiger partial charge in [-0.15, -0.1) is 11.3 Å². The average Bonchev–Trinajstić information content (AvgIpc) is 4.23. The van der Waals surface area contributed by atoms with Gasteiger partial charge in [-0.05, 0) is 66.7 Å². The average molecular weight is 924 g/mol. The normalized spacial score (nSPS) is 12.2. The van der Waals surface area contributed by atoms with Crippen LogP contribution in [0, 0.1) is 0 Å². The monoisotopic (exact) mass is 923 g/mol. The Kier molecular flexibility index (Phi) is 7.92. The summed E-state index contributed by atoms with van der Waals surface area (Å²) >= 11 is 1.84. The molecule has 0 aliphatic rings. The van der Waals surface area contributed by atoms with E-state index in [2.05, 4.69) is 243 Å². The molecule has 0 atom stereocenters. The second-order valence-corrected chi connectivity index (χ2v) is 19.4. The first-order valence-electron chi connectivity index (χ1n) is 24.0. The Labute approximate surface area is 409 Å². The fourth-order valence-electron chi connectivity index (χ4n) is 11.8. The molecule has 16 aromatic rings. The number of benzene rings is 10. The molecule has 10 aromatic carbocycles. The smallest absolute Gasteiger partial charge is 0.240 e. The lowest BCUT2D eigenvalue weighted by Crippen LogP contribution is -2.12. The molecular formula is C63H37N7S. The fourth-order valence-corrected chi connectivity index (χ4v) is 12.9. The molecule has 0 unspecified atom stereocenters. The molecule has 0 bridgehead atoms. The summed E-state index contributed by atoms with van der Waals surface area (Å²) < 4.78 is 11.8. The summed E-state index contributed by atoms with van der Waals surface area (Å²) in [6.45, 7) is 0. The number of thiophene rings is 1. The Bertz CT molecular complexity index is 4620. The third-order valence-electron chi connectivity index (χ3n) is 14.7. The predicted molar refractivity (Wildman–Crippen MR) is 296 cm³/mol. The maximum Gasteiger partial charge on any atom is 0.240 e. The Morgan fingerprint density at radius 1 is 0.268 bits per heavy atom. The van der Waals surface area contributed by atoms with E-state index >= 15 is 0 Å². The molecule has 0 saturated heterocycles. The van der Waals surface area contributed by atoms with Gasteiger partial charge >= 0.3 is 0 Å². The largest absolute Gasteiger partial charge is 0.308 e. The van der Waals surface area contributed by atoms with Gasteiger partial charge in [0.2, 0.25) is 11.9 Å². The first-order valence-corrected chi connectivity index (χ1v) is 24.8. The zero-order valence-corrected chi connectivity index (χ0v) is 38.7. The third-order valence-corrected chi connectivity index (χ3v) is 15.8. The molecular weight excluding hydrogens is 887 g/mol. The number of para-hydroxylation sites is 7. The lowest BCUT2D eigenvalue weighted by molar-refractivity contribution is 0.891. The van der Waals surface area contributed by atoms with E-state index in [9.17, 15) is 0 Å². The van der Waals surface area contributed by atoms with Crippen molar-refractivity contribution in [1.82, 2.24) is 33.2 Å². The van der Waals surface area contributed by atoms with Crippen LogP contribution in [0.15, 0.2) is 224 Å². The molecule has 16 rings (SSSR count). The van der Waals surface area contributed by atoms with Gasteiger partial charge < -0.3 is 9.13 Å². The Balaban J connectivity index is 1.12. The summed E-state index contributed by atoms with van der Waals surface area (Å²) in [7, 11) is 0. The third kappa shape index (κ3) is 5.34. The van der Waals surface area contributed by atoms with Crippen molar-refractivity contribution in [3.63, 3.8) is 0 Å². The molecule has 330 valence electrons. The summed E-state index contributed by atoms with van der Waals surface area (Å²) in [4.78, 5) is 17.2. The van der Waals surface area contributed by atoms with Gasteiger partial charge in [0, 0.05) is 63.3 Å². The Morgan fingerprint density at radius 3 is 1.10 bits per heavy atom. The maximum atomic E-state index is 5.78. The number of fused-ring (bicyclic) bond motifs is 16. The van der Waals surface area contributed by atoms with Crippen molar-refractivity contribution in [3.05, 3.63) is 224 Å². The quantitative estimate of drug-likeness (QED) is 0.173. The highest BCUT2D eigenvalue weighted by Crippen LogP contribution is 2.46. The molecule has 0 saturated carbocycles. The van der Waals surface area contributed by atoms with Crippen molar-refractivity contribution >= 4 is 119 Å². The van der Waals surface area contributed by atoms with Crippen LogP contribution in [-0.2, 0) is 0 Å². The molecule has 0 aliphatic carbocycles. The molecule has 0 aliphatic heterocycles. The van der Waals surface area contributed by atoms with Crippen molar-refractivity contribution in [1.29, 1.82) is 0 Å². The van der Waals surface area contributed by atoms with Crippen LogP contribution in [0.1, 0.15) is 0 Å². The van der Waals surface area contributed by atoms with E-state index in [0.29, 0.717) is 17.7 Å². The van der Waals surface area contributed by atoms with Gasteiger partial charge in [0.15, 0.2) is 5.82 Å². The minimum absolute atomic E-state index is 0.528. The lowest BCUT2D eigenvalue weighted by atomic mass is 10.1. The number of rotatable bonds is 5. The lowest BCUT2D eigenvalue weighted by Gasteiger charge is -2.20. The minimum Gasteiger partial charge on any atom is -0.308 e. The minimum atomic E-state index is 0.528. The predicted octanol–water partition coefficient (Wildman–Crippen LogP) is 16.3. The summed E-state index contributed by atoms with van der Waals surface area (Å²) in [6, 6.07) is 80.7. The van der Waals surface area contributed by atoms with Crippen LogP contribution in [0.3, 0.4) is 0 Å². The summed E-state index contributed by atoms with van der Waals surface area (Å²) in [5.74, 6) is 1.61. The molecule has 0 fully saturated rings. The van der Waals surface area contributed by atoms with Crippen LogP contribution in [-0.4, -0.2) is 33.2 Å². The molecule has 0 amide bonds. The van der Waals surface area contributed by atoms with E-state index in [0.717, 1.165) is 82.6 Å². The van der Waals surface area contributed by atoms with E-state index < -0.39 is 0 Å². The Morgan fingerprint density at radius 2 is 0.634 bits per heavy atom. The molecule has 0 spiro atoms. The van der Waals surface area contributed by atoms with Gasteiger partial charge in [0.1, 0.15) is 0 Å². The molecule has 6 aromatic heterocycles. The van der Waals surface area contributed by atoms with Gasteiger partial charge in [0.25, 0.3) is 0 Å². The Hall–Kier alpha value is -9.37. The highest BCUT2D eigenvalue weighted by Gasteiger charge is 2.28. The van der Waals surface area contributed by atoms with E-state index in [1.165, 1.54) is 41.7 Å². The van der Waals surface area contributed by atoms with Crippen molar-refractivity contribution in [3.8, 4) is 34.7 Å². The molecule has 0 N–H and O–H groups in total. The topological polar surface area (TPSA) is 58.4 Å². The zero-order chi connectivity index (χ0) is 46.3. The highest BCUT2D eigenvalue weighted by molar-refractivity contribution is 7.26. The van der Waals surface area contributed by atoms with Gasteiger partial charge in [-0.1, -0.05) is 158 Å². The van der Waals surface area contributed by atoms with Crippen LogP contribution < -0.4 is 0 Å². The van der Waals surface area contributed by atoms with Gasteiger partial charge in [-0.25, -0.2) is 0 Å². The summed E-state index contributed by atoms with van der Waals surface area (Å²) in [5.41, 5.74) is 11.3. The highest BCUT2D eigenvalue weighted by atomic mass is 32.1. The van der Waals surface area contributed by atoms with Crippen LogP contribution in [0.4, 0.5) is 0 Å². The second-order valence-electron chi connectivity index (χ2n) is 18.3. The van der Waals surface area contributed by atoms with Crippen LogP contribution >= 0.6 is 11.3 Å². The van der Waals surface area contributed by atoms with Crippen molar-refractivity contribution < 1.29 is 0 Å². The first-order chi connectivity index (χ1) is 35.3. The van der Waals surface area contributed by atoms with E-state index in [4.69, 9.17) is 15.0 Å². The number of hydrogen-bond donors (Lipinski definition) is 0. The number of aromatic nitrogens is 7. The molecule has 7 nitrogen and oxygen atoms in total. The van der Waals surface area contributed by atoms with Crippen LogP contribution in [0.25, 0.3) is 142 Å². The van der Waals surface area contributed by atoms with E-state index in [-0.39, 0.29) is 0 Å². The zero-order valence-electron chi connectivity index (χ0n) is 37.9. The number of hydrogen-bond acceptors (Lipinski definition) is 4. The fraction of sp³-hybridized carbons (Fsp3) is 0. The maximum absolute atomic E-state index is 5.78. The van der Waals surface area contributed by atoms with Crippen molar-refractivity contribution in [2.24, 2.45) is 0 Å². The van der Waals surface area contributed by atoms with Gasteiger partial charge in [0.05, 0.1) is 61.1 Å². The second kappa shape index (κ2) is 14.6. The van der Waals surface area contributed by atoms with Crippen LogP contribution in [0.2, 0.25) is 0 Å². The number of nitrogens with zero attached hydrogens (tertiary/aromatic N) is 7. The summed E-state index contributed by atoms with van der Waals surface area (Å²) in [5, 5.41) is 11.7. The van der Waals surface area contributed by atoms with E-state index in [1.807, 2.05) is 11.3 Å².